The summed E-state index contributed by atoms with van der Waals surface area (Å²) in [6, 6.07) is 0. The van der Waals surface area contributed by atoms with E-state index in [1.807, 2.05) is 0 Å². The number of hydrogen-bond donors (Lipinski definition) is 0. The van der Waals surface area contributed by atoms with Gasteiger partial charge in [0.1, 0.15) is 6.29 Å². The number of aldehydes is 1. The van der Waals surface area contributed by atoms with Crippen LogP contribution in [0.25, 0.3) is 0 Å². The average molecular weight is 256 g/mol. The second kappa shape index (κ2) is 3.15. The van der Waals surface area contributed by atoms with Gasteiger partial charge in [0.05, 0.1) is 0 Å². The van der Waals surface area contributed by atoms with E-state index >= 15 is 0 Å². The lowest BCUT2D eigenvalue weighted by molar-refractivity contribution is -0.110. The molecule has 0 amide bonds. The fraction of sp³-hybridized carbons (Fsp3) is 0.833. The maximum atomic E-state index is 10.3. The highest BCUT2D eigenvalue weighted by molar-refractivity contribution is 9.12. The van der Waals surface area contributed by atoms with Crippen molar-refractivity contribution in [2.24, 2.45) is 5.92 Å². The van der Waals surface area contributed by atoms with Gasteiger partial charge in [-0.25, -0.2) is 0 Å². The lowest BCUT2D eigenvalue weighted by Gasteiger charge is -2.07. The average Bonchev–Trinajstić information content (AvgIpc) is 2.15. The van der Waals surface area contributed by atoms with Gasteiger partial charge in [0.2, 0.25) is 0 Å². The molecule has 0 spiro atoms. The Morgan fingerprint density at radius 2 is 2.00 bits per heavy atom. The van der Waals surface area contributed by atoms with Crippen LogP contribution in [0.2, 0.25) is 0 Å². The minimum absolute atomic E-state index is 0.231. The highest BCUT2D eigenvalue weighted by atomic mass is 79.9. The molecular weight excluding hydrogens is 248 g/mol. The van der Waals surface area contributed by atoms with Gasteiger partial charge in [0, 0.05) is 15.6 Å². The Morgan fingerprint density at radius 1 is 1.33 bits per heavy atom. The maximum Gasteiger partial charge on any atom is 0.124 e. The molecule has 0 radical (unpaired) electrons. The summed E-state index contributed by atoms with van der Waals surface area (Å²) in [5, 5.41) is 0. The third-order valence-electron chi connectivity index (χ3n) is 1.71. The molecule has 0 aromatic carbocycles. The monoisotopic (exact) mass is 254 g/mol. The Bertz CT molecular complexity index is 116. The lowest BCUT2D eigenvalue weighted by Crippen LogP contribution is -2.14. The summed E-state index contributed by atoms with van der Waals surface area (Å²) in [7, 11) is 0. The highest BCUT2D eigenvalue weighted by Crippen LogP contribution is 2.35. The van der Waals surface area contributed by atoms with Gasteiger partial charge in [-0.1, -0.05) is 31.9 Å². The summed E-state index contributed by atoms with van der Waals surface area (Å²) in [5.41, 5.74) is 0. The molecule has 0 aromatic rings. The van der Waals surface area contributed by atoms with Gasteiger partial charge in [-0.3, -0.25) is 0 Å². The van der Waals surface area contributed by atoms with Crippen LogP contribution in [0.3, 0.4) is 0 Å². The topological polar surface area (TPSA) is 17.1 Å². The van der Waals surface area contributed by atoms with E-state index in [9.17, 15) is 4.79 Å². The smallest absolute Gasteiger partial charge is 0.124 e. The first-order valence-corrected chi connectivity index (χ1v) is 4.82. The van der Waals surface area contributed by atoms with E-state index in [4.69, 9.17) is 0 Å². The molecule has 1 fully saturated rings. The van der Waals surface area contributed by atoms with Gasteiger partial charge in [-0.15, -0.1) is 0 Å². The maximum absolute atomic E-state index is 10.3. The molecule has 3 unspecified atom stereocenters. The van der Waals surface area contributed by atoms with Crippen molar-refractivity contribution in [3.8, 4) is 0 Å². The quantitative estimate of drug-likeness (QED) is 0.518. The van der Waals surface area contributed by atoms with Crippen LogP contribution in [0.1, 0.15) is 12.8 Å². The van der Waals surface area contributed by atoms with Gasteiger partial charge < -0.3 is 4.79 Å². The van der Waals surface area contributed by atoms with E-state index in [1.165, 1.54) is 0 Å². The van der Waals surface area contributed by atoms with Crippen LogP contribution >= 0.6 is 31.9 Å². The summed E-state index contributed by atoms with van der Waals surface area (Å²) in [5.74, 6) is 0.231. The number of carbonyl (C=O) groups is 1. The third kappa shape index (κ3) is 1.55. The van der Waals surface area contributed by atoms with Gasteiger partial charge >= 0.3 is 0 Å². The van der Waals surface area contributed by atoms with Crippen molar-refractivity contribution in [1.82, 2.24) is 0 Å². The largest absolute Gasteiger partial charge is 0.303 e. The van der Waals surface area contributed by atoms with Crippen molar-refractivity contribution in [1.29, 1.82) is 0 Å². The Morgan fingerprint density at radius 3 is 2.22 bits per heavy atom. The van der Waals surface area contributed by atoms with E-state index in [-0.39, 0.29) is 5.92 Å². The second-order valence-corrected chi connectivity index (χ2v) is 4.57. The Kier molecular flexibility index (Phi) is 2.71. The molecule has 9 heavy (non-hydrogen) atoms. The predicted octanol–water partition coefficient (Wildman–Crippen LogP) is 2.12. The summed E-state index contributed by atoms with van der Waals surface area (Å²) >= 11 is 6.93. The molecule has 0 aromatic heterocycles. The van der Waals surface area contributed by atoms with Crippen LogP contribution in [-0.2, 0) is 4.79 Å². The molecule has 1 aliphatic carbocycles. The van der Waals surface area contributed by atoms with Crippen molar-refractivity contribution in [2.45, 2.75) is 22.5 Å². The summed E-state index contributed by atoms with van der Waals surface area (Å²) in [6.07, 6.45) is 3.18. The standard InChI is InChI=1S/C6H8Br2O/c7-5-2-1-4(3-9)6(5)8/h3-6H,1-2H2. The fourth-order valence-electron chi connectivity index (χ4n) is 1.08. The van der Waals surface area contributed by atoms with Crippen LogP contribution in [0, 0.1) is 5.92 Å². The Balaban J connectivity index is 2.50. The number of alkyl halides is 2. The second-order valence-electron chi connectivity index (χ2n) is 2.34. The molecule has 1 nitrogen and oxygen atoms in total. The normalized spacial score (nSPS) is 43.1. The third-order valence-corrected chi connectivity index (χ3v) is 4.76. The minimum atomic E-state index is 0.231. The van der Waals surface area contributed by atoms with Crippen LogP contribution in [-0.4, -0.2) is 15.9 Å². The molecular formula is C6H8Br2O. The first-order valence-electron chi connectivity index (χ1n) is 2.99. The Hall–Kier alpha value is 0.630. The molecule has 3 heteroatoms. The predicted molar refractivity (Wildman–Crippen MR) is 44.2 cm³/mol. The van der Waals surface area contributed by atoms with Crippen LogP contribution in [0.4, 0.5) is 0 Å². The molecule has 1 rings (SSSR count). The summed E-state index contributed by atoms with van der Waals surface area (Å²) in [4.78, 5) is 11.2. The van der Waals surface area contributed by atoms with Crippen molar-refractivity contribution in [3.63, 3.8) is 0 Å². The van der Waals surface area contributed by atoms with E-state index in [0.717, 1.165) is 19.1 Å². The fourth-order valence-corrected chi connectivity index (χ4v) is 2.39. The van der Waals surface area contributed by atoms with Crippen LogP contribution < -0.4 is 0 Å². The zero-order valence-electron chi connectivity index (χ0n) is 4.89. The van der Waals surface area contributed by atoms with Gasteiger partial charge in [0.15, 0.2) is 0 Å². The molecule has 1 saturated carbocycles. The number of rotatable bonds is 1. The van der Waals surface area contributed by atoms with Crippen LogP contribution in [0.5, 0.6) is 0 Å². The van der Waals surface area contributed by atoms with Crippen LogP contribution in [0.15, 0.2) is 0 Å². The zero-order valence-corrected chi connectivity index (χ0v) is 8.06. The summed E-state index contributed by atoms with van der Waals surface area (Å²) < 4.78 is 0. The molecule has 3 atom stereocenters. The number of carbonyl (C=O) groups excluding carboxylic acids is 1. The minimum Gasteiger partial charge on any atom is -0.303 e. The van der Waals surface area contributed by atoms with Crippen molar-refractivity contribution >= 4 is 38.1 Å². The van der Waals surface area contributed by atoms with Crippen molar-refractivity contribution in [2.75, 3.05) is 0 Å². The molecule has 0 heterocycles. The number of hydrogen-bond acceptors (Lipinski definition) is 1. The zero-order chi connectivity index (χ0) is 6.85. The Labute approximate surface area is 71.5 Å². The summed E-state index contributed by atoms with van der Waals surface area (Å²) in [6.45, 7) is 0. The highest BCUT2D eigenvalue weighted by Gasteiger charge is 2.31. The molecule has 0 saturated heterocycles. The number of halogens is 2. The van der Waals surface area contributed by atoms with Crippen molar-refractivity contribution in [3.05, 3.63) is 0 Å². The van der Waals surface area contributed by atoms with E-state index < -0.39 is 0 Å². The molecule has 0 bridgehead atoms. The molecule has 1 aliphatic rings. The van der Waals surface area contributed by atoms with E-state index in [1.54, 1.807) is 0 Å². The lowest BCUT2D eigenvalue weighted by atomic mass is 10.1. The van der Waals surface area contributed by atoms with Gasteiger partial charge in [-0.05, 0) is 12.8 Å². The van der Waals surface area contributed by atoms with Crippen molar-refractivity contribution < 1.29 is 4.79 Å². The molecule has 0 aliphatic heterocycles. The molecule has 0 N–H and O–H groups in total. The first kappa shape index (κ1) is 7.73. The molecule has 52 valence electrons. The first-order chi connectivity index (χ1) is 4.25. The van der Waals surface area contributed by atoms with Gasteiger partial charge in [0.25, 0.3) is 0 Å². The van der Waals surface area contributed by atoms with E-state index in [2.05, 4.69) is 31.9 Å². The van der Waals surface area contributed by atoms with E-state index in [0.29, 0.717) is 9.65 Å². The van der Waals surface area contributed by atoms with Gasteiger partial charge in [-0.2, -0.15) is 0 Å². The SMILES string of the molecule is O=CC1CCC(Br)C1Br.